The lowest BCUT2D eigenvalue weighted by molar-refractivity contribution is 0.101. The zero-order valence-electron chi connectivity index (χ0n) is 16.4. The average molecular weight is 409 g/mol. The molecule has 0 saturated carbocycles. The lowest BCUT2D eigenvalue weighted by Crippen LogP contribution is -2.14. The first kappa shape index (κ1) is 19.8. The normalized spacial score (nSPS) is 10.2. The summed E-state index contributed by atoms with van der Waals surface area (Å²) in [5.74, 6) is -0.508. The topological polar surface area (TPSA) is 96.0 Å². The summed E-state index contributed by atoms with van der Waals surface area (Å²) in [4.78, 5) is 32.7. The molecule has 152 valence electrons. The fourth-order valence-electron chi connectivity index (χ4n) is 2.85. The van der Waals surface area contributed by atoms with Crippen molar-refractivity contribution < 1.29 is 9.59 Å². The molecule has 0 spiro atoms. The van der Waals surface area contributed by atoms with E-state index in [0.717, 1.165) is 11.4 Å². The molecule has 0 atom stereocenters. The highest BCUT2D eigenvalue weighted by atomic mass is 16.2. The van der Waals surface area contributed by atoms with E-state index >= 15 is 0 Å². The third-order valence-electron chi connectivity index (χ3n) is 4.46. The quantitative estimate of drug-likeness (QED) is 0.428. The number of rotatable bonds is 6. The highest BCUT2D eigenvalue weighted by molar-refractivity contribution is 6.07. The summed E-state index contributed by atoms with van der Waals surface area (Å²) in [6.45, 7) is 0. The van der Waals surface area contributed by atoms with Gasteiger partial charge in [-0.1, -0.05) is 0 Å². The van der Waals surface area contributed by atoms with Crippen LogP contribution in [-0.4, -0.2) is 21.8 Å². The summed E-state index contributed by atoms with van der Waals surface area (Å²) in [5, 5.41) is 8.89. The predicted octanol–water partition coefficient (Wildman–Crippen LogP) is 4.72. The third kappa shape index (κ3) is 5.30. The van der Waals surface area contributed by atoms with Crippen LogP contribution < -0.4 is 16.0 Å². The molecule has 0 aliphatic rings. The molecule has 0 aliphatic carbocycles. The number of nitrogens with one attached hydrogen (secondary N) is 3. The first-order valence-corrected chi connectivity index (χ1v) is 9.57. The Labute approximate surface area is 179 Å². The van der Waals surface area contributed by atoms with Crippen LogP contribution in [-0.2, 0) is 0 Å². The number of hydrogen-bond acceptors (Lipinski definition) is 5. The summed E-state index contributed by atoms with van der Waals surface area (Å²) in [6, 6.07) is 21.0. The van der Waals surface area contributed by atoms with Gasteiger partial charge in [0.25, 0.3) is 11.8 Å². The second kappa shape index (κ2) is 9.32. The maximum Gasteiger partial charge on any atom is 0.255 e. The van der Waals surface area contributed by atoms with Crippen molar-refractivity contribution in [2.75, 3.05) is 16.0 Å². The van der Waals surface area contributed by atoms with Crippen LogP contribution in [0.5, 0.6) is 0 Å². The van der Waals surface area contributed by atoms with Gasteiger partial charge in [0.1, 0.15) is 0 Å². The minimum absolute atomic E-state index is 0.254. The monoisotopic (exact) mass is 409 g/mol. The van der Waals surface area contributed by atoms with Gasteiger partial charge in [-0.3, -0.25) is 19.6 Å². The Morgan fingerprint density at radius 2 is 0.839 bits per heavy atom. The number of benzene rings is 2. The zero-order valence-corrected chi connectivity index (χ0v) is 16.4. The summed E-state index contributed by atoms with van der Waals surface area (Å²) in [6.07, 6.45) is 6.63. The van der Waals surface area contributed by atoms with E-state index in [-0.39, 0.29) is 11.8 Å². The van der Waals surface area contributed by atoms with Crippen LogP contribution in [0.2, 0.25) is 0 Å². The molecular weight excluding hydrogens is 390 g/mol. The molecule has 31 heavy (non-hydrogen) atoms. The summed E-state index contributed by atoms with van der Waals surface area (Å²) in [5.41, 5.74) is 4.07. The molecule has 2 aromatic carbocycles. The van der Waals surface area contributed by atoms with Gasteiger partial charge in [0.15, 0.2) is 0 Å². The Balaban J connectivity index is 1.35. The molecule has 7 heteroatoms. The first-order chi connectivity index (χ1) is 15.2. The predicted molar refractivity (Wildman–Crippen MR) is 121 cm³/mol. The van der Waals surface area contributed by atoms with Crippen LogP contribution in [0.4, 0.5) is 22.7 Å². The largest absolute Gasteiger partial charge is 0.355 e. The van der Waals surface area contributed by atoms with Gasteiger partial charge in [-0.2, -0.15) is 0 Å². The maximum absolute atomic E-state index is 12.5. The molecule has 4 aromatic rings. The van der Waals surface area contributed by atoms with Gasteiger partial charge < -0.3 is 16.0 Å². The van der Waals surface area contributed by atoms with Crippen LogP contribution in [0.1, 0.15) is 20.7 Å². The second-order valence-electron chi connectivity index (χ2n) is 6.66. The smallest absolute Gasteiger partial charge is 0.255 e. The maximum atomic E-state index is 12.5. The lowest BCUT2D eigenvalue weighted by atomic mass is 10.1. The minimum Gasteiger partial charge on any atom is -0.355 e. The van der Waals surface area contributed by atoms with Gasteiger partial charge in [0, 0.05) is 58.7 Å². The van der Waals surface area contributed by atoms with Gasteiger partial charge in [-0.25, -0.2) is 0 Å². The number of hydrogen-bond donors (Lipinski definition) is 3. The summed E-state index contributed by atoms with van der Waals surface area (Å²) >= 11 is 0. The minimum atomic E-state index is -0.254. The molecule has 4 rings (SSSR count). The molecule has 0 bridgehead atoms. The third-order valence-corrected chi connectivity index (χ3v) is 4.46. The Morgan fingerprint density at radius 3 is 1.32 bits per heavy atom. The van der Waals surface area contributed by atoms with Crippen molar-refractivity contribution in [3.63, 3.8) is 0 Å². The van der Waals surface area contributed by atoms with E-state index in [2.05, 4.69) is 25.9 Å². The highest BCUT2D eigenvalue weighted by Crippen LogP contribution is 2.19. The van der Waals surface area contributed by atoms with E-state index in [1.807, 2.05) is 36.4 Å². The van der Waals surface area contributed by atoms with Crippen molar-refractivity contribution >= 4 is 34.6 Å². The van der Waals surface area contributed by atoms with Crippen LogP contribution in [0, 0.1) is 0 Å². The molecule has 2 amide bonds. The zero-order chi connectivity index (χ0) is 21.5. The molecule has 0 unspecified atom stereocenters. The molecule has 7 nitrogen and oxygen atoms in total. The number of pyridine rings is 2. The van der Waals surface area contributed by atoms with Crippen molar-refractivity contribution in [3.8, 4) is 0 Å². The lowest BCUT2D eigenvalue weighted by Gasteiger charge is -2.09. The fraction of sp³-hybridized carbons (Fsp3) is 0. The van der Waals surface area contributed by atoms with Gasteiger partial charge >= 0.3 is 0 Å². The molecule has 2 heterocycles. The first-order valence-electron chi connectivity index (χ1n) is 9.57. The van der Waals surface area contributed by atoms with Crippen molar-refractivity contribution in [2.45, 2.75) is 0 Å². The van der Waals surface area contributed by atoms with E-state index in [4.69, 9.17) is 0 Å². The van der Waals surface area contributed by atoms with Gasteiger partial charge in [0.2, 0.25) is 0 Å². The van der Waals surface area contributed by atoms with E-state index in [1.54, 1.807) is 61.2 Å². The number of carbonyl (C=O) groups is 2. The Bertz CT molecular complexity index is 1160. The average Bonchev–Trinajstić information content (AvgIpc) is 2.82. The number of nitrogens with zero attached hydrogens (tertiary/aromatic N) is 2. The van der Waals surface area contributed by atoms with E-state index in [9.17, 15) is 9.59 Å². The Morgan fingerprint density at radius 1 is 0.484 bits per heavy atom. The number of carbonyl (C=O) groups excluding carboxylic acids is 2. The van der Waals surface area contributed by atoms with Crippen LogP contribution in [0.3, 0.4) is 0 Å². The van der Waals surface area contributed by atoms with Gasteiger partial charge in [-0.05, 0) is 72.8 Å². The molecule has 2 aromatic heterocycles. The van der Waals surface area contributed by atoms with E-state index < -0.39 is 0 Å². The Kier molecular flexibility index (Phi) is 5.95. The van der Waals surface area contributed by atoms with Crippen molar-refractivity contribution in [1.29, 1.82) is 0 Å². The molecule has 3 N–H and O–H groups in total. The van der Waals surface area contributed by atoms with Crippen LogP contribution in [0.25, 0.3) is 0 Å². The summed E-state index contributed by atoms with van der Waals surface area (Å²) < 4.78 is 0. The molecule has 0 fully saturated rings. The van der Waals surface area contributed by atoms with Crippen molar-refractivity contribution in [1.82, 2.24) is 9.97 Å². The fourth-order valence-corrected chi connectivity index (χ4v) is 2.85. The SMILES string of the molecule is O=C(Nc1ccncc1)c1ccc(C(=O)Nc2ccc(Nc3ccncc3)cc2)cc1. The standard InChI is InChI=1S/C24H19N5O2/c30-23(28-20-7-5-19(6-8-20)27-21-9-13-25-14-10-21)17-1-3-18(4-2-17)24(31)29-22-11-15-26-16-12-22/h1-16H,(H,25,27)(H,28,30)(H,26,29,31). The van der Waals surface area contributed by atoms with E-state index in [0.29, 0.717) is 22.5 Å². The molecule has 0 saturated heterocycles. The van der Waals surface area contributed by atoms with E-state index in [1.165, 1.54) is 0 Å². The van der Waals surface area contributed by atoms with Gasteiger partial charge in [0.05, 0.1) is 0 Å². The van der Waals surface area contributed by atoms with Crippen molar-refractivity contribution in [2.24, 2.45) is 0 Å². The second-order valence-corrected chi connectivity index (χ2v) is 6.66. The van der Waals surface area contributed by atoms with Crippen LogP contribution >= 0.6 is 0 Å². The molecule has 0 radical (unpaired) electrons. The van der Waals surface area contributed by atoms with Gasteiger partial charge in [-0.15, -0.1) is 0 Å². The molecular formula is C24H19N5O2. The van der Waals surface area contributed by atoms with Crippen LogP contribution in [0.15, 0.2) is 97.6 Å². The number of amides is 2. The van der Waals surface area contributed by atoms with Crippen molar-refractivity contribution in [3.05, 3.63) is 109 Å². The number of aromatic nitrogens is 2. The Hall–Kier alpha value is -4.52. The summed E-state index contributed by atoms with van der Waals surface area (Å²) in [7, 11) is 0. The number of anilines is 4. The molecule has 0 aliphatic heterocycles. The highest BCUT2D eigenvalue weighted by Gasteiger charge is 2.10.